The first-order valence-electron chi connectivity index (χ1n) is 8.29. The molecule has 2 rings (SSSR count). The number of carbonyl (C=O) groups is 2. The molecule has 1 heterocycles. The Morgan fingerprint density at radius 2 is 1.92 bits per heavy atom. The Labute approximate surface area is 147 Å². The van der Waals surface area contributed by atoms with Gasteiger partial charge in [0, 0.05) is 12.5 Å². The van der Waals surface area contributed by atoms with Crippen LogP contribution in [0.1, 0.15) is 26.3 Å². The third kappa shape index (κ3) is 5.44. The third-order valence-corrected chi connectivity index (χ3v) is 3.94. The Bertz CT molecular complexity index is 599. The molecule has 3 unspecified atom stereocenters. The highest BCUT2D eigenvalue weighted by Gasteiger charge is 2.42. The van der Waals surface area contributed by atoms with E-state index in [1.54, 1.807) is 20.8 Å². The average molecular weight is 350 g/mol. The summed E-state index contributed by atoms with van der Waals surface area (Å²) in [7, 11) is 0. The molecule has 3 N–H and O–H groups in total. The second-order valence-corrected chi connectivity index (χ2v) is 7.24. The molecule has 7 nitrogen and oxygen atoms in total. The zero-order chi connectivity index (χ0) is 18.6. The number of nitrogens with two attached hydrogens (primary N) is 1. The highest BCUT2D eigenvalue weighted by Crippen LogP contribution is 2.22. The van der Waals surface area contributed by atoms with E-state index in [-0.39, 0.29) is 19.7 Å². The molecule has 1 amide bonds. The van der Waals surface area contributed by atoms with Gasteiger partial charge >= 0.3 is 12.1 Å². The van der Waals surface area contributed by atoms with Crippen molar-refractivity contribution in [3.63, 3.8) is 0 Å². The SMILES string of the molecule is CC(C)(C)OC(=O)C(N)C1CN(C(=O)OCc2ccccc2)CC1O. The van der Waals surface area contributed by atoms with Gasteiger partial charge in [-0.05, 0) is 26.3 Å². The summed E-state index contributed by atoms with van der Waals surface area (Å²) in [5.74, 6) is -1.17. The number of ether oxygens (including phenoxy) is 2. The fourth-order valence-corrected chi connectivity index (χ4v) is 2.67. The number of rotatable bonds is 4. The molecule has 25 heavy (non-hydrogen) atoms. The van der Waals surface area contributed by atoms with Gasteiger partial charge in [0.05, 0.1) is 12.6 Å². The number of likely N-dealkylation sites (tertiary alicyclic amines) is 1. The zero-order valence-electron chi connectivity index (χ0n) is 14.8. The van der Waals surface area contributed by atoms with Gasteiger partial charge in [0.1, 0.15) is 18.2 Å². The van der Waals surface area contributed by atoms with E-state index in [0.29, 0.717) is 0 Å². The summed E-state index contributed by atoms with van der Waals surface area (Å²) in [6, 6.07) is 8.31. The lowest BCUT2D eigenvalue weighted by molar-refractivity contribution is -0.158. The number of benzene rings is 1. The first-order valence-corrected chi connectivity index (χ1v) is 8.29. The Kier molecular flexibility index (Phi) is 6.02. The summed E-state index contributed by atoms with van der Waals surface area (Å²) in [5, 5.41) is 10.2. The lowest BCUT2D eigenvalue weighted by Gasteiger charge is -2.25. The Morgan fingerprint density at radius 1 is 1.28 bits per heavy atom. The molecule has 0 saturated carbocycles. The van der Waals surface area contributed by atoms with Crippen LogP contribution in [-0.4, -0.2) is 52.9 Å². The van der Waals surface area contributed by atoms with E-state index in [1.807, 2.05) is 30.3 Å². The van der Waals surface area contributed by atoms with Crippen molar-refractivity contribution in [2.24, 2.45) is 11.7 Å². The first-order chi connectivity index (χ1) is 11.7. The van der Waals surface area contributed by atoms with Crippen LogP contribution in [-0.2, 0) is 20.9 Å². The van der Waals surface area contributed by atoms with E-state index in [2.05, 4.69) is 0 Å². The molecule has 0 spiro atoms. The molecular formula is C18H26N2O5. The second kappa shape index (κ2) is 7.84. The highest BCUT2D eigenvalue weighted by atomic mass is 16.6. The van der Waals surface area contributed by atoms with Crippen molar-refractivity contribution in [3.8, 4) is 0 Å². The lowest BCUT2D eigenvalue weighted by Crippen LogP contribution is -2.46. The van der Waals surface area contributed by atoms with E-state index in [0.717, 1.165) is 5.56 Å². The van der Waals surface area contributed by atoms with Crippen LogP contribution >= 0.6 is 0 Å². The molecule has 7 heteroatoms. The molecule has 1 aliphatic rings. The number of nitrogens with zero attached hydrogens (tertiary/aromatic N) is 1. The molecule has 1 saturated heterocycles. The predicted octanol–water partition coefficient (Wildman–Crippen LogP) is 1.28. The Balaban J connectivity index is 1.89. The van der Waals surface area contributed by atoms with E-state index < -0.39 is 35.7 Å². The molecule has 1 aliphatic heterocycles. The van der Waals surface area contributed by atoms with Crippen LogP contribution in [0.5, 0.6) is 0 Å². The number of hydrogen-bond acceptors (Lipinski definition) is 6. The number of esters is 1. The minimum absolute atomic E-state index is 0.0782. The van der Waals surface area contributed by atoms with Gasteiger partial charge < -0.3 is 25.2 Å². The van der Waals surface area contributed by atoms with Gasteiger partial charge in [-0.2, -0.15) is 0 Å². The molecule has 1 aromatic rings. The second-order valence-electron chi connectivity index (χ2n) is 7.24. The van der Waals surface area contributed by atoms with E-state index in [1.165, 1.54) is 4.90 Å². The normalized spacial score (nSPS) is 21.7. The Morgan fingerprint density at radius 3 is 2.52 bits per heavy atom. The van der Waals surface area contributed by atoms with Crippen molar-refractivity contribution in [1.29, 1.82) is 0 Å². The molecule has 1 fully saturated rings. The molecule has 1 aromatic carbocycles. The summed E-state index contributed by atoms with van der Waals surface area (Å²) in [6.07, 6.45) is -1.44. The molecular weight excluding hydrogens is 324 g/mol. The van der Waals surface area contributed by atoms with Crippen LogP contribution in [0.4, 0.5) is 4.79 Å². The van der Waals surface area contributed by atoms with E-state index in [4.69, 9.17) is 15.2 Å². The fourth-order valence-electron chi connectivity index (χ4n) is 2.67. The van der Waals surface area contributed by atoms with Crippen LogP contribution in [0.2, 0.25) is 0 Å². The maximum Gasteiger partial charge on any atom is 0.410 e. The van der Waals surface area contributed by atoms with Crippen molar-refractivity contribution < 1.29 is 24.2 Å². The van der Waals surface area contributed by atoms with Crippen LogP contribution in [0.3, 0.4) is 0 Å². The molecule has 0 bridgehead atoms. The van der Waals surface area contributed by atoms with Gasteiger partial charge in [0.2, 0.25) is 0 Å². The monoisotopic (exact) mass is 350 g/mol. The zero-order valence-corrected chi connectivity index (χ0v) is 14.8. The van der Waals surface area contributed by atoms with Gasteiger partial charge in [-0.25, -0.2) is 4.79 Å². The maximum absolute atomic E-state index is 12.2. The third-order valence-electron chi connectivity index (χ3n) is 3.94. The fraction of sp³-hybridized carbons (Fsp3) is 0.556. The smallest absolute Gasteiger partial charge is 0.410 e. The summed E-state index contributed by atoms with van der Waals surface area (Å²) in [5.41, 5.74) is 6.15. The van der Waals surface area contributed by atoms with Gasteiger partial charge in [0.15, 0.2) is 0 Å². The summed E-state index contributed by atoms with van der Waals surface area (Å²) >= 11 is 0. The number of β-amino-alcohol motifs (C(OH)–C–C–N with tert-alkyl or cyclic N) is 1. The van der Waals surface area contributed by atoms with Crippen LogP contribution < -0.4 is 5.73 Å². The predicted molar refractivity (Wildman–Crippen MR) is 91.5 cm³/mol. The van der Waals surface area contributed by atoms with Crippen molar-refractivity contribution >= 4 is 12.1 Å². The summed E-state index contributed by atoms with van der Waals surface area (Å²) in [4.78, 5) is 25.6. The molecule has 3 atom stereocenters. The molecule has 0 radical (unpaired) electrons. The molecule has 0 aliphatic carbocycles. The van der Waals surface area contributed by atoms with E-state index >= 15 is 0 Å². The summed E-state index contributed by atoms with van der Waals surface area (Å²) < 4.78 is 10.5. The van der Waals surface area contributed by atoms with Crippen molar-refractivity contribution in [1.82, 2.24) is 4.90 Å². The van der Waals surface area contributed by atoms with Crippen molar-refractivity contribution in [2.45, 2.75) is 45.1 Å². The number of carbonyl (C=O) groups excluding carboxylic acids is 2. The van der Waals surface area contributed by atoms with Gasteiger partial charge in [-0.3, -0.25) is 4.79 Å². The highest BCUT2D eigenvalue weighted by molar-refractivity contribution is 5.77. The van der Waals surface area contributed by atoms with Gasteiger partial charge in [-0.1, -0.05) is 30.3 Å². The number of amides is 1. The van der Waals surface area contributed by atoms with E-state index in [9.17, 15) is 14.7 Å². The molecule has 0 aromatic heterocycles. The maximum atomic E-state index is 12.2. The number of aliphatic hydroxyl groups is 1. The number of hydrogen-bond donors (Lipinski definition) is 2. The van der Waals surface area contributed by atoms with Gasteiger partial charge in [-0.15, -0.1) is 0 Å². The van der Waals surface area contributed by atoms with Crippen LogP contribution in [0.25, 0.3) is 0 Å². The topological polar surface area (TPSA) is 102 Å². The lowest BCUT2D eigenvalue weighted by atomic mass is 9.97. The van der Waals surface area contributed by atoms with Crippen molar-refractivity contribution in [2.75, 3.05) is 13.1 Å². The van der Waals surface area contributed by atoms with Crippen molar-refractivity contribution in [3.05, 3.63) is 35.9 Å². The first kappa shape index (κ1) is 19.2. The van der Waals surface area contributed by atoms with Crippen LogP contribution in [0.15, 0.2) is 30.3 Å². The largest absolute Gasteiger partial charge is 0.459 e. The number of aliphatic hydroxyl groups excluding tert-OH is 1. The summed E-state index contributed by atoms with van der Waals surface area (Å²) in [6.45, 7) is 5.61. The Hall–Kier alpha value is -2.12. The standard InChI is InChI=1S/C18H26N2O5/c1-18(2,3)25-16(22)15(19)13-9-20(10-14(13)21)17(23)24-11-12-7-5-4-6-8-12/h4-8,13-15,21H,9-11,19H2,1-3H3. The average Bonchev–Trinajstić information content (AvgIpc) is 2.93. The minimum Gasteiger partial charge on any atom is -0.459 e. The minimum atomic E-state index is -0.999. The van der Waals surface area contributed by atoms with Crippen LogP contribution in [0, 0.1) is 5.92 Å². The molecule has 138 valence electrons. The quantitative estimate of drug-likeness (QED) is 0.793. The van der Waals surface area contributed by atoms with Gasteiger partial charge in [0.25, 0.3) is 0 Å².